The molecule has 2 N–H and O–H groups in total. The molecule has 3 rings (SSSR count). The van der Waals surface area contributed by atoms with E-state index in [1.165, 1.54) is 0 Å². The molecule has 1 aliphatic heterocycles. The van der Waals surface area contributed by atoms with Crippen LogP contribution in [0.3, 0.4) is 0 Å². The highest BCUT2D eigenvalue weighted by atomic mass is 16.3. The molecule has 5 heteroatoms. The average molecular weight is 259 g/mol. The summed E-state index contributed by atoms with van der Waals surface area (Å²) < 4.78 is 0. The smallest absolute Gasteiger partial charge is 0.258 e. The molecular formula is C14H17N3O2. The molecule has 0 spiro atoms. The van der Waals surface area contributed by atoms with Gasteiger partial charge in [0, 0.05) is 13.1 Å². The Hall–Kier alpha value is -1.72. The predicted octanol–water partition coefficient (Wildman–Crippen LogP) is 0.798. The van der Waals surface area contributed by atoms with Crippen LogP contribution < -0.4 is 5.56 Å². The zero-order chi connectivity index (χ0) is 13.4. The molecule has 1 aliphatic rings. The first-order valence-corrected chi connectivity index (χ1v) is 6.52. The van der Waals surface area contributed by atoms with Crippen LogP contribution in [-0.2, 0) is 6.54 Å². The van der Waals surface area contributed by atoms with E-state index in [1.54, 1.807) is 6.07 Å². The fourth-order valence-corrected chi connectivity index (χ4v) is 2.59. The van der Waals surface area contributed by atoms with Crippen molar-refractivity contribution in [2.45, 2.75) is 26.0 Å². The molecule has 1 atom stereocenters. The molecule has 100 valence electrons. The Bertz CT molecular complexity index is 665. The van der Waals surface area contributed by atoms with Gasteiger partial charge in [-0.05, 0) is 25.0 Å². The van der Waals surface area contributed by atoms with Crippen molar-refractivity contribution in [1.82, 2.24) is 14.9 Å². The van der Waals surface area contributed by atoms with Gasteiger partial charge in [0.1, 0.15) is 5.82 Å². The third-order valence-corrected chi connectivity index (χ3v) is 3.61. The topological polar surface area (TPSA) is 69.2 Å². The molecule has 1 aromatic heterocycles. The van der Waals surface area contributed by atoms with Gasteiger partial charge in [0.25, 0.3) is 5.56 Å². The second-order valence-electron chi connectivity index (χ2n) is 5.16. The minimum absolute atomic E-state index is 0.0940. The number of rotatable bonds is 2. The number of aryl methyl sites for hydroxylation is 1. The van der Waals surface area contributed by atoms with Crippen molar-refractivity contribution < 1.29 is 5.11 Å². The number of aliphatic hydroxyl groups excluding tert-OH is 1. The van der Waals surface area contributed by atoms with Crippen LogP contribution in [-0.4, -0.2) is 39.2 Å². The molecule has 0 bridgehead atoms. The summed E-state index contributed by atoms with van der Waals surface area (Å²) in [7, 11) is 0. The number of fused-ring (bicyclic) bond motifs is 1. The number of benzene rings is 1. The maximum atomic E-state index is 12.0. The molecule has 2 aromatic rings. The number of aromatic nitrogens is 2. The first kappa shape index (κ1) is 12.3. The van der Waals surface area contributed by atoms with Crippen molar-refractivity contribution in [2.24, 2.45) is 0 Å². The number of nitrogens with one attached hydrogen (secondary N) is 1. The summed E-state index contributed by atoms with van der Waals surface area (Å²) in [4.78, 5) is 21.5. The summed E-state index contributed by atoms with van der Waals surface area (Å²) in [6.07, 6.45) is 0.533. The summed E-state index contributed by atoms with van der Waals surface area (Å²) in [5.41, 5.74) is 1.68. The van der Waals surface area contributed by atoms with Gasteiger partial charge in [0.2, 0.25) is 0 Å². The van der Waals surface area contributed by atoms with E-state index in [4.69, 9.17) is 0 Å². The Morgan fingerprint density at radius 2 is 2.37 bits per heavy atom. The molecule has 19 heavy (non-hydrogen) atoms. The van der Waals surface area contributed by atoms with Crippen molar-refractivity contribution in [3.63, 3.8) is 0 Å². The van der Waals surface area contributed by atoms with Crippen molar-refractivity contribution in [2.75, 3.05) is 13.1 Å². The summed E-state index contributed by atoms with van der Waals surface area (Å²) in [6, 6.07) is 5.61. The van der Waals surface area contributed by atoms with E-state index in [9.17, 15) is 9.90 Å². The Morgan fingerprint density at radius 1 is 1.53 bits per heavy atom. The zero-order valence-electron chi connectivity index (χ0n) is 10.9. The third-order valence-electron chi connectivity index (χ3n) is 3.61. The lowest BCUT2D eigenvalue weighted by atomic mass is 10.1. The number of hydrogen-bond acceptors (Lipinski definition) is 4. The number of para-hydroxylation sites is 1. The van der Waals surface area contributed by atoms with Crippen LogP contribution in [0.5, 0.6) is 0 Å². The van der Waals surface area contributed by atoms with Gasteiger partial charge in [-0.3, -0.25) is 9.69 Å². The van der Waals surface area contributed by atoms with Crippen LogP contribution in [0.25, 0.3) is 10.9 Å². The molecule has 1 saturated heterocycles. The fourth-order valence-electron chi connectivity index (χ4n) is 2.59. The highest BCUT2D eigenvalue weighted by Gasteiger charge is 2.21. The summed E-state index contributed by atoms with van der Waals surface area (Å²) in [5.74, 6) is 0.668. The van der Waals surface area contributed by atoms with Gasteiger partial charge in [-0.15, -0.1) is 0 Å². The average Bonchev–Trinajstić information content (AvgIpc) is 2.76. The van der Waals surface area contributed by atoms with Crippen molar-refractivity contribution in [1.29, 1.82) is 0 Å². The van der Waals surface area contributed by atoms with Crippen LogP contribution in [0, 0.1) is 6.92 Å². The van der Waals surface area contributed by atoms with E-state index in [2.05, 4.69) is 14.9 Å². The van der Waals surface area contributed by atoms with Gasteiger partial charge in [-0.2, -0.15) is 0 Å². The van der Waals surface area contributed by atoms with E-state index in [-0.39, 0.29) is 11.7 Å². The molecule has 0 radical (unpaired) electrons. The van der Waals surface area contributed by atoms with Crippen LogP contribution in [0.4, 0.5) is 0 Å². The largest absolute Gasteiger partial charge is 0.392 e. The maximum absolute atomic E-state index is 12.0. The van der Waals surface area contributed by atoms with Crippen molar-refractivity contribution in [3.05, 3.63) is 39.9 Å². The number of nitrogens with zero attached hydrogens (tertiary/aromatic N) is 2. The van der Waals surface area contributed by atoms with Gasteiger partial charge >= 0.3 is 0 Å². The van der Waals surface area contributed by atoms with Gasteiger partial charge in [-0.1, -0.05) is 12.1 Å². The minimum Gasteiger partial charge on any atom is -0.392 e. The quantitative estimate of drug-likeness (QED) is 0.837. The Labute approximate surface area is 110 Å². The third kappa shape index (κ3) is 2.39. The fraction of sp³-hybridized carbons (Fsp3) is 0.429. The normalized spacial score (nSPS) is 20.2. The predicted molar refractivity (Wildman–Crippen MR) is 73.0 cm³/mol. The van der Waals surface area contributed by atoms with Gasteiger partial charge < -0.3 is 10.1 Å². The maximum Gasteiger partial charge on any atom is 0.258 e. The van der Waals surface area contributed by atoms with E-state index < -0.39 is 0 Å². The zero-order valence-corrected chi connectivity index (χ0v) is 10.9. The molecule has 0 amide bonds. The molecule has 1 aromatic carbocycles. The molecule has 1 unspecified atom stereocenters. The lowest BCUT2D eigenvalue weighted by Crippen LogP contribution is -2.24. The number of H-pyrrole nitrogens is 1. The van der Waals surface area contributed by atoms with Gasteiger partial charge in [-0.25, -0.2) is 4.98 Å². The summed E-state index contributed by atoms with van der Waals surface area (Å²) in [5, 5.41) is 10.1. The second-order valence-corrected chi connectivity index (χ2v) is 5.16. The SMILES string of the molecule is Cc1cccc2c(=O)[nH]c(CN3CCC(O)C3)nc12. The Morgan fingerprint density at radius 3 is 3.11 bits per heavy atom. The van der Waals surface area contributed by atoms with E-state index in [0.29, 0.717) is 24.3 Å². The number of aromatic amines is 1. The van der Waals surface area contributed by atoms with Gasteiger partial charge in [0.05, 0.1) is 23.6 Å². The number of β-amino-alcohol motifs (C(OH)–C–C–N with tert-alkyl or cyclic N) is 1. The van der Waals surface area contributed by atoms with Crippen LogP contribution in [0.2, 0.25) is 0 Å². The Balaban J connectivity index is 1.97. The lowest BCUT2D eigenvalue weighted by molar-refractivity contribution is 0.174. The standard InChI is InChI=1S/C14H17N3O2/c1-9-3-2-4-11-13(9)15-12(16-14(11)19)8-17-6-5-10(18)7-17/h2-4,10,18H,5-8H2,1H3,(H,15,16,19). The highest BCUT2D eigenvalue weighted by molar-refractivity contribution is 5.80. The molecule has 5 nitrogen and oxygen atoms in total. The minimum atomic E-state index is -0.256. The van der Waals surface area contributed by atoms with Crippen molar-refractivity contribution >= 4 is 10.9 Å². The monoisotopic (exact) mass is 259 g/mol. The van der Waals surface area contributed by atoms with Crippen LogP contribution >= 0.6 is 0 Å². The number of aliphatic hydroxyl groups is 1. The number of hydrogen-bond donors (Lipinski definition) is 2. The van der Waals surface area contributed by atoms with E-state index >= 15 is 0 Å². The van der Waals surface area contributed by atoms with Crippen molar-refractivity contribution in [3.8, 4) is 0 Å². The summed E-state index contributed by atoms with van der Waals surface area (Å²) >= 11 is 0. The van der Waals surface area contributed by atoms with Gasteiger partial charge in [0.15, 0.2) is 0 Å². The first-order valence-electron chi connectivity index (χ1n) is 6.52. The van der Waals surface area contributed by atoms with Crippen LogP contribution in [0.15, 0.2) is 23.0 Å². The molecule has 0 saturated carbocycles. The second kappa shape index (κ2) is 4.75. The molecule has 1 fully saturated rings. The van der Waals surface area contributed by atoms with E-state index in [0.717, 1.165) is 24.0 Å². The molecule has 0 aliphatic carbocycles. The number of likely N-dealkylation sites (tertiary alicyclic amines) is 1. The summed E-state index contributed by atoms with van der Waals surface area (Å²) in [6.45, 7) is 4.03. The van der Waals surface area contributed by atoms with Crippen LogP contribution in [0.1, 0.15) is 17.8 Å². The first-order chi connectivity index (χ1) is 9.13. The molecular weight excluding hydrogens is 242 g/mol. The molecule has 2 heterocycles. The highest BCUT2D eigenvalue weighted by Crippen LogP contribution is 2.14. The Kier molecular flexibility index (Phi) is 3.08. The van der Waals surface area contributed by atoms with E-state index in [1.807, 2.05) is 19.1 Å². The lowest BCUT2D eigenvalue weighted by Gasteiger charge is -2.14.